The van der Waals surface area contributed by atoms with Crippen LogP contribution in [-0.4, -0.2) is 72.3 Å². The van der Waals surface area contributed by atoms with Gasteiger partial charge in [0.15, 0.2) is 0 Å². The minimum absolute atomic E-state index is 0.0107. The second-order valence-electron chi connectivity index (χ2n) is 13.4. The van der Waals surface area contributed by atoms with Crippen molar-refractivity contribution in [2.75, 3.05) is 13.2 Å². The maximum Gasteiger partial charge on any atom is 0.408 e. The summed E-state index contributed by atoms with van der Waals surface area (Å²) in [5, 5.41) is 25.9. The van der Waals surface area contributed by atoms with Gasteiger partial charge >= 0.3 is 6.09 Å². The molecule has 3 rings (SSSR count). The Morgan fingerprint density at radius 3 is 2.16 bits per heavy atom. The van der Waals surface area contributed by atoms with Gasteiger partial charge in [-0.1, -0.05) is 93.8 Å². The first-order chi connectivity index (χ1) is 24.5. The van der Waals surface area contributed by atoms with Gasteiger partial charge in [0.25, 0.3) is 0 Å². The Morgan fingerprint density at radius 1 is 0.882 bits per heavy atom. The lowest BCUT2D eigenvalue weighted by Crippen LogP contribution is -2.59. The molecule has 14 nitrogen and oxygen atoms in total. The number of ether oxygens (including phenoxy) is 1. The Hall–Kier alpha value is -4.85. The Bertz CT molecular complexity index is 1380. The van der Waals surface area contributed by atoms with Gasteiger partial charge in [-0.15, -0.1) is 0 Å². The van der Waals surface area contributed by atoms with Gasteiger partial charge in [0.05, 0.1) is 18.6 Å². The molecule has 4 atom stereocenters. The number of rotatable bonds is 20. The molecular weight excluding hydrogens is 654 g/mol. The van der Waals surface area contributed by atoms with Gasteiger partial charge in [0, 0.05) is 13.0 Å². The molecule has 0 heterocycles. The van der Waals surface area contributed by atoms with Crippen LogP contribution in [-0.2, 0) is 37.0 Å². The number of oxime groups is 1. The number of carbonyl (C=O) groups excluding carboxylic acids is 4. The number of nitrogens with zero attached hydrogens (tertiary/aromatic N) is 1. The van der Waals surface area contributed by atoms with Crippen LogP contribution in [0.3, 0.4) is 0 Å². The van der Waals surface area contributed by atoms with Crippen molar-refractivity contribution < 1.29 is 33.9 Å². The smallest absolute Gasteiger partial charge is 0.408 e. The lowest BCUT2D eigenvalue weighted by Gasteiger charge is -2.33. The molecule has 2 aromatic rings. The highest BCUT2D eigenvalue weighted by Gasteiger charge is 2.36. The fraction of sp³-hybridized carbons (Fsp3) is 0.541. The predicted octanol–water partition coefficient (Wildman–Crippen LogP) is 2.58. The number of guanidine groups is 1. The molecule has 2 aromatic carbocycles. The predicted molar refractivity (Wildman–Crippen MR) is 194 cm³/mol. The molecule has 0 spiro atoms. The highest BCUT2D eigenvalue weighted by Crippen LogP contribution is 2.27. The van der Waals surface area contributed by atoms with E-state index in [1.807, 2.05) is 62.4 Å². The SMILES string of the molecule is CC(C)C[C@H](NC(=O)[C@@H](NC(=O)[C@H](CCON=C(N)N)NC(=O)OCc1ccccc1)C1CCCCC1)[C@@H](O)CC(=O)NCCc1ccccc1. The van der Waals surface area contributed by atoms with Crippen LogP contribution in [0, 0.1) is 11.8 Å². The molecule has 14 heteroatoms. The van der Waals surface area contributed by atoms with Crippen LogP contribution in [0.5, 0.6) is 0 Å². The second kappa shape index (κ2) is 22.1. The van der Waals surface area contributed by atoms with E-state index in [9.17, 15) is 24.3 Å². The molecule has 0 saturated heterocycles. The summed E-state index contributed by atoms with van der Waals surface area (Å²) in [6.07, 6.45) is 3.08. The molecule has 280 valence electrons. The molecule has 4 amide bonds. The molecule has 0 unspecified atom stereocenters. The molecule has 1 fully saturated rings. The van der Waals surface area contributed by atoms with Crippen molar-refractivity contribution in [3.8, 4) is 0 Å². The summed E-state index contributed by atoms with van der Waals surface area (Å²) in [6.45, 7) is 4.21. The van der Waals surface area contributed by atoms with E-state index in [0.29, 0.717) is 32.2 Å². The fourth-order valence-electron chi connectivity index (χ4n) is 6.07. The van der Waals surface area contributed by atoms with E-state index >= 15 is 0 Å². The first kappa shape index (κ1) is 40.6. The Labute approximate surface area is 300 Å². The number of hydrogen-bond acceptors (Lipinski definition) is 8. The summed E-state index contributed by atoms with van der Waals surface area (Å²) in [5.41, 5.74) is 12.5. The van der Waals surface area contributed by atoms with Crippen molar-refractivity contribution in [2.24, 2.45) is 28.5 Å². The van der Waals surface area contributed by atoms with Gasteiger partial charge in [-0.05, 0) is 53.8 Å². The number of carbonyl (C=O) groups is 4. The van der Waals surface area contributed by atoms with Crippen LogP contribution in [0.2, 0.25) is 0 Å². The third-order valence-electron chi connectivity index (χ3n) is 8.68. The normalized spacial score (nSPS) is 15.4. The van der Waals surface area contributed by atoms with Crippen molar-refractivity contribution in [2.45, 2.75) is 102 Å². The molecule has 51 heavy (non-hydrogen) atoms. The van der Waals surface area contributed by atoms with Crippen LogP contribution in [0.4, 0.5) is 4.79 Å². The average Bonchev–Trinajstić information content (AvgIpc) is 3.11. The summed E-state index contributed by atoms with van der Waals surface area (Å²) in [7, 11) is 0. The topological polar surface area (TPSA) is 219 Å². The quantitative estimate of drug-likeness (QED) is 0.0464. The fourth-order valence-corrected chi connectivity index (χ4v) is 6.07. The number of benzene rings is 2. The van der Waals surface area contributed by atoms with Gasteiger partial charge in [-0.2, -0.15) is 0 Å². The maximum atomic E-state index is 14.0. The van der Waals surface area contributed by atoms with Gasteiger partial charge in [0.2, 0.25) is 23.7 Å². The summed E-state index contributed by atoms with van der Waals surface area (Å²) < 4.78 is 5.34. The van der Waals surface area contributed by atoms with E-state index in [2.05, 4.69) is 26.4 Å². The van der Waals surface area contributed by atoms with Crippen LogP contribution in [0.15, 0.2) is 65.8 Å². The van der Waals surface area contributed by atoms with Gasteiger partial charge in [0.1, 0.15) is 25.3 Å². The zero-order valence-electron chi connectivity index (χ0n) is 29.7. The molecule has 1 aliphatic rings. The number of aliphatic hydroxyl groups excluding tert-OH is 1. The lowest BCUT2D eigenvalue weighted by molar-refractivity contribution is -0.133. The van der Waals surface area contributed by atoms with E-state index in [1.165, 1.54) is 0 Å². The molecule has 1 aliphatic carbocycles. The first-order valence-corrected chi connectivity index (χ1v) is 17.8. The summed E-state index contributed by atoms with van der Waals surface area (Å²) in [6, 6.07) is 16.0. The molecule has 1 saturated carbocycles. The third kappa shape index (κ3) is 15.7. The Balaban J connectivity index is 1.69. The highest BCUT2D eigenvalue weighted by atomic mass is 16.6. The number of amides is 4. The average molecular weight is 710 g/mol. The zero-order valence-corrected chi connectivity index (χ0v) is 29.7. The van der Waals surface area contributed by atoms with E-state index < -0.39 is 42.1 Å². The standard InChI is InChI=1S/C37H55N7O7/c1-25(2)22-30(31(45)23-32(46)40-20-18-26-12-6-3-7-13-26)41-35(48)33(28-16-10-5-11-17-28)43-34(47)29(19-21-51-44-36(38)39)42-37(49)50-24-27-14-8-4-9-15-27/h3-4,6-9,12-15,25,28-31,33,45H,5,10-11,16-24H2,1-2H3,(H,40,46)(H,41,48)(H,42,49)(H,43,47)(H4,38,39,44)/t29-,30-,31-,33-/m0/s1. The number of nitrogens with two attached hydrogens (primary N) is 2. The number of hydrogen-bond donors (Lipinski definition) is 7. The van der Waals surface area contributed by atoms with Crippen molar-refractivity contribution in [3.63, 3.8) is 0 Å². The van der Waals surface area contributed by atoms with E-state index in [1.54, 1.807) is 12.1 Å². The molecule has 0 aromatic heterocycles. The van der Waals surface area contributed by atoms with Gasteiger partial charge in [-0.25, -0.2) is 4.79 Å². The minimum Gasteiger partial charge on any atom is -0.445 e. The third-order valence-corrected chi connectivity index (χ3v) is 8.68. The maximum absolute atomic E-state index is 14.0. The van der Waals surface area contributed by atoms with Gasteiger partial charge < -0.3 is 47.4 Å². The van der Waals surface area contributed by atoms with Gasteiger partial charge in [-0.3, -0.25) is 14.4 Å². The molecule has 9 N–H and O–H groups in total. The van der Waals surface area contributed by atoms with Crippen LogP contribution < -0.4 is 32.7 Å². The van der Waals surface area contributed by atoms with Crippen molar-refractivity contribution >= 4 is 29.8 Å². The van der Waals surface area contributed by atoms with Crippen LogP contribution in [0.25, 0.3) is 0 Å². The second-order valence-corrected chi connectivity index (χ2v) is 13.4. The highest BCUT2D eigenvalue weighted by molar-refractivity contribution is 5.91. The number of aliphatic hydroxyl groups is 1. The molecule has 0 aliphatic heterocycles. The van der Waals surface area contributed by atoms with Crippen molar-refractivity contribution in [3.05, 3.63) is 71.8 Å². The van der Waals surface area contributed by atoms with E-state index in [4.69, 9.17) is 21.0 Å². The van der Waals surface area contributed by atoms with Crippen molar-refractivity contribution in [1.29, 1.82) is 0 Å². The summed E-state index contributed by atoms with van der Waals surface area (Å²) in [5.74, 6) is -1.80. The van der Waals surface area contributed by atoms with Crippen LogP contribution >= 0.6 is 0 Å². The summed E-state index contributed by atoms with van der Waals surface area (Å²) in [4.78, 5) is 58.4. The zero-order chi connectivity index (χ0) is 37.0. The van der Waals surface area contributed by atoms with Crippen molar-refractivity contribution in [1.82, 2.24) is 21.3 Å². The van der Waals surface area contributed by atoms with Crippen LogP contribution in [0.1, 0.15) is 76.3 Å². The Morgan fingerprint density at radius 2 is 1.53 bits per heavy atom. The van der Waals surface area contributed by atoms with E-state index in [-0.39, 0.29) is 49.8 Å². The summed E-state index contributed by atoms with van der Waals surface area (Å²) >= 11 is 0. The molecule has 0 bridgehead atoms. The minimum atomic E-state index is -1.16. The number of nitrogens with one attached hydrogen (secondary N) is 4. The molecular formula is C37H55N7O7. The number of alkyl carbamates (subject to hydrolysis) is 1. The van der Waals surface area contributed by atoms with E-state index in [0.717, 1.165) is 30.4 Å². The lowest BCUT2D eigenvalue weighted by atomic mass is 9.83. The molecule has 0 radical (unpaired) electrons. The first-order valence-electron chi connectivity index (χ1n) is 17.8. The Kier molecular flexibility index (Phi) is 17.6. The monoisotopic (exact) mass is 709 g/mol. The largest absolute Gasteiger partial charge is 0.445 e.